The van der Waals surface area contributed by atoms with Gasteiger partial charge in [0, 0.05) is 19.3 Å². The van der Waals surface area contributed by atoms with Crippen LogP contribution in [0.5, 0.6) is 0 Å². The average molecular weight is 266 g/mol. The molecule has 1 aliphatic carbocycles. The van der Waals surface area contributed by atoms with E-state index in [4.69, 9.17) is 4.74 Å². The standard InChI is InChI=1S/C14H26N4O/c1-12(2)9-15-10-14-11-18(17-16-14)6-8-19-7-5-13-3-4-13/h11-13,15H,3-10H2,1-2H3. The minimum absolute atomic E-state index is 0.662. The number of nitrogens with zero attached hydrogens (tertiary/aromatic N) is 3. The third-order valence-corrected chi connectivity index (χ3v) is 3.28. The van der Waals surface area contributed by atoms with E-state index >= 15 is 0 Å². The molecule has 5 heteroatoms. The summed E-state index contributed by atoms with van der Waals surface area (Å²) in [4.78, 5) is 0. The van der Waals surface area contributed by atoms with E-state index in [-0.39, 0.29) is 0 Å². The Morgan fingerprint density at radius 1 is 1.42 bits per heavy atom. The van der Waals surface area contributed by atoms with Crippen molar-refractivity contribution in [2.24, 2.45) is 11.8 Å². The lowest BCUT2D eigenvalue weighted by molar-refractivity contribution is 0.118. The van der Waals surface area contributed by atoms with Crippen molar-refractivity contribution in [3.63, 3.8) is 0 Å². The second-order valence-corrected chi connectivity index (χ2v) is 5.84. The van der Waals surface area contributed by atoms with Gasteiger partial charge in [-0.1, -0.05) is 31.9 Å². The van der Waals surface area contributed by atoms with Gasteiger partial charge in [-0.25, -0.2) is 4.68 Å². The predicted molar refractivity (Wildman–Crippen MR) is 74.7 cm³/mol. The molecule has 1 aliphatic rings. The minimum atomic E-state index is 0.662. The zero-order chi connectivity index (χ0) is 13.5. The largest absolute Gasteiger partial charge is 0.380 e. The Hall–Kier alpha value is -0.940. The summed E-state index contributed by atoms with van der Waals surface area (Å²) >= 11 is 0. The molecule has 0 atom stereocenters. The lowest BCUT2D eigenvalue weighted by Gasteiger charge is -2.04. The van der Waals surface area contributed by atoms with Gasteiger partial charge < -0.3 is 10.1 Å². The summed E-state index contributed by atoms with van der Waals surface area (Å²) in [5.41, 5.74) is 0.999. The van der Waals surface area contributed by atoms with E-state index in [9.17, 15) is 0 Å². The number of rotatable bonds is 10. The monoisotopic (exact) mass is 266 g/mol. The van der Waals surface area contributed by atoms with E-state index in [1.54, 1.807) is 0 Å². The van der Waals surface area contributed by atoms with Crippen molar-refractivity contribution in [2.75, 3.05) is 19.8 Å². The molecule has 0 radical (unpaired) electrons. The fourth-order valence-corrected chi connectivity index (χ4v) is 1.93. The molecule has 0 bridgehead atoms. The van der Waals surface area contributed by atoms with Crippen LogP contribution in [0, 0.1) is 11.8 Å². The Morgan fingerprint density at radius 3 is 3.00 bits per heavy atom. The number of ether oxygens (including phenoxy) is 1. The van der Waals surface area contributed by atoms with Crippen molar-refractivity contribution in [3.8, 4) is 0 Å². The molecule has 0 amide bonds. The smallest absolute Gasteiger partial charge is 0.0964 e. The molecule has 2 rings (SSSR count). The van der Waals surface area contributed by atoms with Crippen molar-refractivity contribution in [2.45, 2.75) is 46.2 Å². The molecule has 1 saturated carbocycles. The lowest BCUT2D eigenvalue weighted by Crippen LogP contribution is -2.19. The fourth-order valence-electron chi connectivity index (χ4n) is 1.93. The first kappa shape index (κ1) is 14.5. The molecule has 1 aromatic heterocycles. The van der Waals surface area contributed by atoms with Crippen molar-refractivity contribution < 1.29 is 4.74 Å². The first-order valence-corrected chi connectivity index (χ1v) is 7.41. The summed E-state index contributed by atoms with van der Waals surface area (Å²) in [6.07, 6.45) is 6.03. The average Bonchev–Trinajstić information content (AvgIpc) is 3.08. The van der Waals surface area contributed by atoms with Crippen molar-refractivity contribution >= 4 is 0 Å². The molecule has 0 saturated heterocycles. The third kappa shape index (κ3) is 6.16. The van der Waals surface area contributed by atoms with Gasteiger partial charge in [-0.3, -0.25) is 0 Å². The van der Waals surface area contributed by atoms with Gasteiger partial charge in [0.1, 0.15) is 0 Å². The second kappa shape index (κ2) is 7.60. The minimum Gasteiger partial charge on any atom is -0.380 e. The molecular formula is C14H26N4O. The highest BCUT2D eigenvalue weighted by Crippen LogP contribution is 2.31. The third-order valence-electron chi connectivity index (χ3n) is 3.28. The topological polar surface area (TPSA) is 52.0 Å². The number of hydrogen-bond acceptors (Lipinski definition) is 4. The van der Waals surface area contributed by atoms with Gasteiger partial charge in [0.15, 0.2) is 0 Å². The molecule has 1 aromatic rings. The first-order valence-electron chi connectivity index (χ1n) is 7.41. The highest BCUT2D eigenvalue weighted by Gasteiger charge is 2.20. The van der Waals surface area contributed by atoms with Gasteiger partial charge in [-0.2, -0.15) is 0 Å². The van der Waals surface area contributed by atoms with E-state index in [0.717, 1.165) is 44.5 Å². The predicted octanol–water partition coefficient (Wildman–Crippen LogP) is 1.84. The van der Waals surface area contributed by atoms with Crippen molar-refractivity contribution in [3.05, 3.63) is 11.9 Å². The van der Waals surface area contributed by atoms with Gasteiger partial charge in [-0.05, 0) is 24.8 Å². The maximum Gasteiger partial charge on any atom is 0.0964 e. The van der Waals surface area contributed by atoms with E-state index in [2.05, 4.69) is 29.5 Å². The van der Waals surface area contributed by atoms with Crippen LogP contribution in [0.3, 0.4) is 0 Å². The van der Waals surface area contributed by atoms with Crippen LogP contribution in [0.2, 0.25) is 0 Å². The fraction of sp³-hybridized carbons (Fsp3) is 0.857. The first-order chi connectivity index (χ1) is 9.24. The van der Waals surface area contributed by atoms with Crippen LogP contribution in [0.4, 0.5) is 0 Å². The maximum absolute atomic E-state index is 5.61. The Balaban J connectivity index is 1.54. The van der Waals surface area contributed by atoms with Crippen molar-refractivity contribution in [1.82, 2.24) is 20.3 Å². The van der Waals surface area contributed by atoms with Gasteiger partial charge >= 0.3 is 0 Å². The van der Waals surface area contributed by atoms with Gasteiger partial charge in [0.05, 0.1) is 18.8 Å². The Bertz CT molecular complexity index is 360. The van der Waals surface area contributed by atoms with Crippen LogP contribution in [0.25, 0.3) is 0 Å². The molecule has 0 spiro atoms. The quantitative estimate of drug-likeness (QED) is 0.657. The summed E-state index contributed by atoms with van der Waals surface area (Å²) in [6, 6.07) is 0. The summed E-state index contributed by atoms with van der Waals surface area (Å²) in [5.74, 6) is 1.61. The summed E-state index contributed by atoms with van der Waals surface area (Å²) < 4.78 is 7.47. The van der Waals surface area contributed by atoms with Gasteiger partial charge in [0.25, 0.3) is 0 Å². The van der Waals surface area contributed by atoms with Crippen molar-refractivity contribution in [1.29, 1.82) is 0 Å². The second-order valence-electron chi connectivity index (χ2n) is 5.84. The number of hydrogen-bond donors (Lipinski definition) is 1. The lowest BCUT2D eigenvalue weighted by atomic mass is 10.2. The molecule has 108 valence electrons. The highest BCUT2D eigenvalue weighted by atomic mass is 16.5. The van der Waals surface area contributed by atoms with E-state index in [0.29, 0.717) is 5.92 Å². The molecule has 5 nitrogen and oxygen atoms in total. The zero-order valence-electron chi connectivity index (χ0n) is 12.1. The highest BCUT2D eigenvalue weighted by molar-refractivity contribution is 4.91. The molecule has 1 N–H and O–H groups in total. The number of nitrogens with one attached hydrogen (secondary N) is 1. The van der Waals surface area contributed by atoms with Gasteiger partial charge in [-0.15, -0.1) is 5.10 Å². The van der Waals surface area contributed by atoms with Crippen LogP contribution in [-0.4, -0.2) is 34.8 Å². The normalized spacial score (nSPS) is 15.3. The Labute approximate surface area is 115 Å². The van der Waals surface area contributed by atoms with Crippen LogP contribution in [-0.2, 0) is 17.8 Å². The van der Waals surface area contributed by atoms with Crippen LogP contribution < -0.4 is 5.32 Å². The molecular weight excluding hydrogens is 240 g/mol. The van der Waals surface area contributed by atoms with Crippen LogP contribution >= 0.6 is 0 Å². The molecule has 1 fully saturated rings. The Kier molecular flexibility index (Phi) is 5.79. The van der Waals surface area contributed by atoms with Crippen LogP contribution in [0.15, 0.2) is 6.20 Å². The van der Waals surface area contributed by atoms with E-state index in [1.807, 2.05) is 10.9 Å². The summed E-state index contributed by atoms with van der Waals surface area (Å²) in [5, 5.41) is 11.6. The Morgan fingerprint density at radius 2 is 2.26 bits per heavy atom. The maximum atomic E-state index is 5.61. The van der Waals surface area contributed by atoms with Crippen LogP contribution in [0.1, 0.15) is 38.8 Å². The zero-order valence-corrected chi connectivity index (χ0v) is 12.1. The summed E-state index contributed by atoms with van der Waals surface area (Å²) in [6.45, 7) is 8.61. The van der Waals surface area contributed by atoms with Gasteiger partial charge in [0.2, 0.25) is 0 Å². The summed E-state index contributed by atoms with van der Waals surface area (Å²) in [7, 11) is 0. The SMILES string of the molecule is CC(C)CNCc1cn(CCOCCC2CC2)nn1. The molecule has 0 aromatic carbocycles. The molecule has 0 aliphatic heterocycles. The number of aromatic nitrogens is 3. The van der Waals surface area contributed by atoms with E-state index in [1.165, 1.54) is 19.3 Å². The van der Waals surface area contributed by atoms with E-state index < -0.39 is 0 Å². The molecule has 0 unspecified atom stereocenters. The molecule has 1 heterocycles. The molecule has 19 heavy (non-hydrogen) atoms.